The third kappa shape index (κ3) is 8.03. The number of hydrogen-bond acceptors (Lipinski definition) is 5. The Kier molecular flexibility index (Phi) is 7.87. The van der Waals surface area contributed by atoms with Crippen molar-refractivity contribution in [3.05, 3.63) is 0 Å². The minimum Gasteiger partial charge on any atom is -0.480 e. The summed E-state index contributed by atoms with van der Waals surface area (Å²) in [6.45, 7) is 9.56. The molecule has 0 aromatic carbocycles. The van der Waals surface area contributed by atoms with Gasteiger partial charge in [-0.15, -0.1) is 0 Å². The topological polar surface area (TPSA) is 114 Å². The fraction of sp³-hybridized carbons (Fsp3) is 0.833. The highest BCUT2D eigenvalue weighted by molar-refractivity contribution is 5.92. The number of rotatable bonds is 7. The van der Waals surface area contributed by atoms with E-state index in [2.05, 4.69) is 10.6 Å². The molecule has 0 aliphatic carbocycles. The second-order valence-corrected chi connectivity index (χ2v) is 8.25. The summed E-state index contributed by atoms with van der Waals surface area (Å²) in [7, 11) is 0. The van der Waals surface area contributed by atoms with Crippen molar-refractivity contribution < 1.29 is 29.0 Å². The molecule has 1 atom stereocenters. The van der Waals surface area contributed by atoms with Crippen molar-refractivity contribution in [2.45, 2.75) is 77.5 Å². The van der Waals surface area contributed by atoms with Crippen molar-refractivity contribution in [2.75, 3.05) is 13.2 Å². The highest BCUT2D eigenvalue weighted by atomic mass is 16.6. The molecule has 2 amide bonds. The van der Waals surface area contributed by atoms with Crippen molar-refractivity contribution in [2.24, 2.45) is 5.92 Å². The van der Waals surface area contributed by atoms with Crippen molar-refractivity contribution in [1.82, 2.24) is 10.6 Å². The monoisotopic (exact) mass is 372 g/mol. The van der Waals surface area contributed by atoms with Crippen LogP contribution >= 0.6 is 0 Å². The summed E-state index contributed by atoms with van der Waals surface area (Å²) < 4.78 is 10.4. The smallest absolute Gasteiger partial charge is 0.408 e. The Balaban J connectivity index is 2.58. The predicted molar refractivity (Wildman–Crippen MR) is 95.8 cm³/mol. The van der Waals surface area contributed by atoms with Crippen LogP contribution in [0.1, 0.15) is 60.3 Å². The van der Waals surface area contributed by atoms with E-state index in [1.54, 1.807) is 20.8 Å². The molecule has 0 saturated carbocycles. The molecule has 1 unspecified atom stereocenters. The second-order valence-electron chi connectivity index (χ2n) is 8.25. The first-order chi connectivity index (χ1) is 11.9. The van der Waals surface area contributed by atoms with Crippen LogP contribution in [-0.2, 0) is 19.1 Å². The number of nitrogens with one attached hydrogen (secondary N) is 2. The van der Waals surface area contributed by atoms with Gasteiger partial charge in [0.05, 0.1) is 0 Å². The van der Waals surface area contributed by atoms with Crippen LogP contribution in [0.25, 0.3) is 0 Å². The molecular weight excluding hydrogens is 340 g/mol. The molecule has 1 rings (SSSR count). The van der Waals surface area contributed by atoms with E-state index < -0.39 is 35.2 Å². The highest BCUT2D eigenvalue weighted by Crippen LogP contribution is 2.21. The molecule has 1 heterocycles. The van der Waals surface area contributed by atoms with Crippen LogP contribution in [0.2, 0.25) is 0 Å². The lowest BCUT2D eigenvalue weighted by Gasteiger charge is -2.29. The number of aliphatic carboxylic acids is 1. The third-order valence-corrected chi connectivity index (χ3v) is 4.19. The summed E-state index contributed by atoms with van der Waals surface area (Å²) in [6.07, 6.45) is 2.14. The fourth-order valence-corrected chi connectivity index (χ4v) is 2.65. The van der Waals surface area contributed by atoms with Gasteiger partial charge in [0.15, 0.2) is 0 Å². The van der Waals surface area contributed by atoms with E-state index in [1.165, 1.54) is 13.8 Å². The van der Waals surface area contributed by atoms with Gasteiger partial charge in [0.25, 0.3) is 0 Å². The zero-order chi connectivity index (χ0) is 20.0. The molecule has 1 aliphatic heterocycles. The maximum atomic E-state index is 12.5. The Morgan fingerprint density at radius 1 is 1.15 bits per heavy atom. The third-order valence-electron chi connectivity index (χ3n) is 4.19. The van der Waals surface area contributed by atoms with Crippen molar-refractivity contribution in [3.63, 3.8) is 0 Å². The predicted octanol–water partition coefficient (Wildman–Crippen LogP) is 2.07. The molecule has 150 valence electrons. The van der Waals surface area contributed by atoms with Gasteiger partial charge in [-0.2, -0.15) is 0 Å². The molecule has 26 heavy (non-hydrogen) atoms. The van der Waals surface area contributed by atoms with Gasteiger partial charge in [0, 0.05) is 13.2 Å². The zero-order valence-electron chi connectivity index (χ0n) is 16.4. The van der Waals surface area contributed by atoms with Gasteiger partial charge in [-0.3, -0.25) is 4.79 Å². The van der Waals surface area contributed by atoms with Gasteiger partial charge in [-0.25, -0.2) is 9.59 Å². The molecule has 1 fully saturated rings. The van der Waals surface area contributed by atoms with E-state index in [0.29, 0.717) is 32.0 Å². The van der Waals surface area contributed by atoms with Gasteiger partial charge in [-0.1, -0.05) is 0 Å². The lowest BCUT2D eigenvalue weighted by Crippen LogP contribution is -2.58. The van der Waals surface area contributed by atoms with E-state index in [4.69, 9.17) is 9.47 Å². The number of ether oxygens (including phenoxy) is 2. The first-order valence-corrected chi connectivity index (χ1v) is 9.03. The number of carbonyl (C=O) groups is 3. The Labute approximate surface area is 155 Å². The second kappa shape index (κ2) is 9.21. The van der Waals surface area contributed by atoms with Gasteiger partial charge in [-0.05, 0) is 66.2 Å². The summed E-state index contributed by atoms with van der Waals surface area (Å²) in [5.74, 6) is -1.24. The molecule has 0 aromatic rings. The fourth-order valence-electron chi connectivity index (χ4n) is 2.65. The molecule has 8 heteroatoms. The van der Waals surface area contributed by atoms with Crippen LogP contribution in [0.3, 0.4) is 0 Å². The molecule has 0 aromatic heterocycles. The maximum absolute atomic E-state index is 12.5. The Morgan fingerprint density at radius 2 is 1.73 bits per heavy atom. The number of amides is 2. The molecule has 8 nitrogen and oxygen atoms in total. The summed E-state index contributed by atoms with van der Waals surface area (Å²) >= 11 is 0. The molecule has 0 bridgehead atoms. The van der Waals surface area contributed by atoms with Crippen LogP contribution < -0.4 is 10.6 Å². The van der Waals surface area contributed by atoms with E-state index in [0.717, 1.165) is 12.8 Å². The molecule has 3 N–H and O–H groups in total. The number of carbonyl (C=O) groups excluding carboxylic acids is 2. The average Bonchev–Trinajstić information content (AvgIpc) is 2.49. The van der Waals surface area contributed by atoms with Crippen LogP contribution in [0, 0.1) is 5.92 Å². The van der Waals surface area contributed by atoms with Gasteiger partial charge in [0.1, 0.15) is 17.2 Å². The minimum absolute atomic E-state index is 0.342. The van der Waals surface area contributed by atoms with Crippen LogP contribution in [-0.4, -0.2) is 53.5 Å². The van der Waals surface area contributed by atoms with Gasteiger partial charge < -0.3 is 25.2 Å². The largest absolute Gasteiger partial charge is 0.480 e. The summed E-state index contributed by atoms with van der Waals surface area (Å²) in [4.78, 5) is 35.8. The first-order valence-electron chi connectivity index (χ1n) is 9.03. The standard InChI is InChI=1S/C18H32N2O6/c1-17(2,3)26-16(24)20-18(4,5)15(23)19-13(14(21)22)7-6-12-8-10-25-11-9-12/h12-13H,6-11H2,1-5H3,(H,19,23)(H,20,24)(H,21,22). The molecular formula is C18H32N2O6. The van der Waals surface area contributed by atoms with Crippen molar-refractivity contribution in [1.29, 1.82) is 0 Å². The van der Waals surface area contributed by atoms with E-state index >= 15 is 0 Å². The van der Waals surface area contributed by atoms with Crippen LogP contribution in [0.5, 0.6) is 0 Å². The summed E-state index contributed by atoms with van der Waals surface area (Å²) in [5.41, 5.74) is -1.99. The molecule has 0 spiro atoms. The normalized spacial score (nSPS) is 17.3. The Morgan fingerprint density at radius 3 is 2.23 bits per heavy atom. The lowest BCUT2D eigenvalue weighted by atomic mass is 9.92. The number of carboxylic acid groups (broad SMARTS) is 1. The summed E-state index contributed by atoms with van der Waals surface area (Å²) in [5, 5.41) is 14.4. The molecule has 0 radical (unpaired) electrons. The zero-order valence-corrected chi connectivity index (χ0v) is 16.4. The summed E-state index contributed by atoms with van der Waals surface area (Å²) in [6, 6.07) is -0.995. The van der Waals surface area contributed by atoms with Crippen molar-refractivity contribution in [3.8, 4) is 0 Å². The van der Waals surface area contributed by atoms with E-state index in [-0.39, 0.29) is 0 Å². The number of alkyl carbamates (subject to hydrolysis) is 1. The highest BCUT2D eigenvalue weighted by Gasteiger charge is 2.34. The lowest BCUT2D eigenvalue weighted by molar-refractivity contribution is -0.143. The van der Waals surface area contributed by atoms with Gasteiger partial charge >= 0.3 is 12.1 Å². The quantitative estimate of drug-likeness (QED) is 0.630. The van der Waals surface area contributed by atoms with Crippen LogP contribution in [0.15, 0.2) is 0 Å². The Hall–Kier alpha value is -1.83. The molecule has 1 aliphatic rings. The average molecular weight is 372 g/mol. The molecule has 1 saturated heterocycles. The SMILES string of the molecule is CC(C)(C)OC(=O)NC(C)(C)C(=O)NC(CCC1CCOCC1)C(=O)O. The maximum Gasteiger partial charge on any atom is 0.408 e. The number of hydrogen-bond donors (Lipinski definition) is 3. The number of carboxylic acids is 1. The Bertz CT molecular complexity index is 506. The minimum atomic E-state index is -1.30. The van der Waals surface area contributed by atoms with Crippen LogP contribution in [0.4, 0.5) is 4.79 Å². The van der Waals surface area contributed by atoms with Gasteiger partial charge in [0.2, 0.25) is 5.91 Å². The first kappa shape index (κ1) is 22.2. The van der Waals surface area contributed by atoms with E-state index in [9.17, 15) is 19.5 Å². The van der Waals surface area contributed by atoms with E-state index in [1.807, 2.05) is 0 Å². The van der Waals surface area contributed by atoms with Crippen molar-refractivity contribution >= 4 is 18.0 Å².